The molecule has 0 aliphatic carbocycles. The molecule has 0 spiro atoms. The van der Waals surface area contributed by atoms with E-state index in [1.54, 1.807) is 11.3 Å². The van der Waals surface area contributed by atoms with Crippen molar-refractivity contribution < 1.29 is 4.52 Å². The molecule has 1 aromatic carbocycles. The minimum absolute atomic E-state index is 0.0466. The van der Waals surface area contributed by atoms with E-state index >= 15 is 0 Å². The fourth-order valence-corrected chi connectivity index (χ4v) is 3.10. The summed E-state index contributed by atoms with van der Waals surface area (Å²) < 4.78 is 5.36. The van der Waals surface area contributed by atoms with Crippen LogP contribution in [0.25, 0.3) is 0 Å². The van der Waals surface area contributed by atoms with Crippen LogP contribution in [-0.2, 0) is 6.42 Å². The molecule has 0 saturated heterocycles. The van der Waals surface area contributed by atoms with Gasteiger partial charge in [-0.15, -0.1) is 11.3 Å². The molecular formula is C17H19N3OS. The van der Waals surface area contributed by atoms with Gasteiger partial charge in [-0.2, -0.15) is 4.98 Å². The van der Waals surface area contributed by atoms with Crippen molar-refractivity contribution in [3.63, 3.8) is 0 Å². The van der Waals surface area contributed by atoms with Crippen LogP contribution in [0.3, 0.4) is 0 Å². The summed E-state index contributed by atoms with van der Waals surface area (Å²) >= 11 is 1.75. The lowest BCUT2D eigenvalue weighted by Crippen LogP contribution is -2.22. The van der Waals surface area contributed by atoms with Gasteiger partial charge in [-0.05, 0) is 30.9 Å². The summed E-state index contributed by atoms with van der Waals surface area (Å²) in [6.45, 7) is 4.20. The molecule has 3 aromatic rings. The average Bonchev–Trinajstić information content (AvgIpc) is 3.19. The number of rotatable bonds is 6. The molecule has 22 heavy (non-hydrogen) atoms. The van der Waals surface area contributed by atoms with E-state index < -0.39 is 0 Å². The Bertz CT molecular complexity index is 694. The molecule has 4 nitrogen and oxygen atoms in total. The maximum atomic E-state index is 5.36. The summed E-state index contributed by atoms with van der Waals surface area (Å²) in [7, 11) is 0. The molecule has 0 bridgehead atoms. The number of hydrogen-bond donors (Lipinski definition) is 1. The van der Waals surface area contributed by atoms with E-state index in [0.29, 0.717) is 18.1 Å². The Morgan fingerprint density at radius 2 is 1.91 bits per heavy atom. The van der Waals surface area contributed by atoms with Gasteiger partial charge in [-0.1, -0.05) is 41.6 Å². The van der Waals surface area contributed by atoms with Crippen molar-refractivity contribution in [2.24, 2.45) is 0 Å². The van der Waals surface area contributed by atoms with Gasteiger partial charge in [0, 0.05) is 10.9 Å². The van der Waals surface area contributed by atoms with Crippen LogP contribution in [0.15, 0.2) is 52.4 Å². The van der Waals surface area contributed by atoms with E-state index in [4.69, 9.17) is 4.52 Å². The summed E-state index contributed by atoms with van der Waals surface area (Å²) in [5.41, 5.74) is 1.17. The van der Waals surface area contributed by atoms with E-state index in [1.165, 1.54) is 10.4 Å². The second kappa shape index (κ2) is 6.85. The third-order valence-electron chi connectivity index (χ3n) is 3.54. The Morgan fingerprint density at radius 3 is 2.64 bits per heavy atom. The van der Waals surface area contributed by atoms with Gasteiger partial charge in [-0.25, -0.2) is 0 Å². The molecule has 114 valence electrons. The van der Waals surface area contributed by atoms with Crippen LogP contribution in [0, 0.1) is 0 Å². The molecular weight excluding hydrogens is 294 g/mol. The molecule has 0 aliphatic rings. The zero-order valence-corrected chi connectivity index (χ0v) is 13.5. The number of thiophene rings is 1. The number of aromatic nitrogens is 2. The molecule has 0 fully saturated rings. The number of nitrogens with zero attached hydrogens (tertiary/aromatic N) is 2. The molecule has 0 radical (unpaired) electrons. The summed E-state index contributed by atoms with van der Waals surface area (Å²) in [5, 5.41) is 9.69. The molecule has 5 heteroatoms. The van der Waals surface area contributed by atoms with Crippen LogP contribution in [0.4, 0.5) is 0 Å². The second-order valence-corrected chi connectivity index (χ2v) is 6.31. The van der Waals surface area contributed by atoms with Gasteiger partial charge in [0.2, 0.25) is 5.89 Å². The van der Waals surface area contributed by atoms with Gasteiger partial charge in [0.25, 0.3) is 0 Å². The van der Waals surface area contributed by atoms with Gasteiger partial charge in [0.1, 0.15) is 0 Å². The largest absolute Gasteiger partial charge is 0.339 e. The first kappa shape index (κ1) is 14.9. The monoisotopic (exact) mass is 313 g/mol. The van der Waals surface area contributed by atoms with Gasteiger partial charge in [0.05, 0.1) is 12.5 Å². The maximum Gasteiger partial charge on any atom is 0.231 e. The lowest BCUT2D eigenvalue weighted by molar-refractivity contribution is 0.369. The van der Waals surface area contributed by atoms with Crippen molar-refractivity contribution in [3.05, 3.63) is 70.0 Å². The maximum absolute atomic E-state index is 5.36. The third-order valence-corrected chi connectivity index (χ3v) is 4.59. The zero-order valence-electron chi connectivity index (χ0n) is 12.7. The number of benzene rings is 1. The minimum atomic E-state index is 0.0466. The average molecular weight is 313 g/mol. The summed E-state index contributed by atoms with van der Waals surface area (Å²) in [4.78, 5) is 5.81. The Labute approximate surface area is 134 Å². The Hall–Kier alpha value is -1.98. The Morgan fingerprint density at radius 1 is 1.09 bits per heavy atom. The first-order chi connectivity index (χ1) is 10.7. The molecule has 2 heterocycles. The predicted octanol–water partition coefficient (Wildman–Crippen LogP) is 4.13. The van der Waals surface area contributed by atoms with Gasteiger partial charge >= 0.3 is 0 Å². The van der Waals surface area contributed by atoms with Crippen LogP contribution < -0.4 is 5.32 Å². The topological polar surface area (TPSA) is 51.0 Å². The first-order valence-electron chi connectivity index (χ1n) is 7.38. The SMILES string of the molecule is C[C@H](N[C@@H](C)c1cccs1)c1noc(Cc2ccccc2)n1. The highest BCUT2D eigenvalue weighted by Gasteiger charge is 2.17. The quantitative estimate of drug-likeness (QED) is 0.743. The lowest BCUT2D eigenvalue weighted by Gasteiger charge is -2.16. The van der Waals surface area contributed by atoms with Crippen molar-refractivity contribution in [2.75, 3.05) is 0 Å². The first-order valence-corrected chi connectivity index (χ1v) is 8.26. The predicted molar refractivity (Wildman–Crippen MR) is 87.8 cm³/mol. The Kier molecular flexibility index (Phi) is 4.65. The fourth-order valence-electron chi connectivity index (χ4n) is 2.36. The van der Waals surface area contributed by atoms with E-state index in [-0.39, 0.29) is 12.1 Å². The second-order valence-electron chi connectivity index (χ2n) is 5.33. The zero-order chi connectivity index (χ0) is 15.4. The fraction of sp³-hybridized carbons (Fsp3) is 0.294. The van der Waals surface area contributed by atoms with Crippen molar-refractivity contribution in [1.29, 1.82) is 0 Å². The third kappa shape index (κ3) is 3.61. The normalized spacial score (nSPS) is 13.9. The molecule has 1 N–H and O–H groups in total. The van der Waals surface area contributed by atoms with Crippen molar-refractivity contribution in [2.45, 2.75) is 32.4 Å². The highest BCUT2D eigenvalue weighted by Crippen LogP contribution is 2.21. The molecule has 2 atom stereocenters. The summed E-state index contributed by atoms with van der Waals surface area (Å²) in [6, 6.07) is 14.7. The summed E-state index contributed by atoms with van der Waals surface area (Å²) in [5.74, 6) is 1.35. The molecule has 3 rings (SSSR count). The van der Waals surface area contributed by atoms with E-state index in [9.17, 15) is 0 Å². The van der Waals surface area contributed by atoms with Crippen LogP contribution >= 0.6 is 11.3 Å². The highest BCUT2D eigenvalue weighted by atomic mass is 32.1. The molecule has 0 saturated carbocycles. The van der Waals surface area contributed by atoms with E-state index in [2.05, 4.69) is 59.0 Å². The van der Waals surface area contributed by atoms with Crippen LogP contribution in [0.2, 0.25) is 0 Å². The van der Waals surface area contributed by atoms with Crippen molar-refractivity contribution in [1.82, 2.24) is 15.5 Å². The van der Waals surface area contributed by atoms with Crippen molar-refractivity contribution in [3.8, 4) is 0 Å². The van der Waals surface area contributed by atoms with E-state index in [0.717, 1.165) is 0 Å². The minimum Gasteiger partial charge on any atom is -0.339 e. The van der Waals surface area contributed by atoms with Crippen LogP contribution in [-0.4, -0.2) is 10.1 Å². The Balaban J connectivity index is 1.63. The van der Waals surface area contributed by atoms with Gasteiger partial charge in [-0.3, -0.25) is 5.32 Å². The van der Waals surface area contributed by atoms with Crippen molar-refractivity contribution >= 4 is 11.3 Å². The van der Waals surface area contributed by atoms with Crippen LogP contribution in [0.5, 0.6) is 0 Å². The van der Waals surface area contributed by atoms with E-state index in [1.807, 2.05) is 18.2 Å². The number of nitrogens with one attached hydrogen (secondary N) is 1. The molecule has 0 aliphatic heterocycles. The molecule has 0 amide bonds. The van der Waals surface area contributed by atoms with Gasteiger partial charge < -0.3 is 4.52 Å². The number of hydrogen-bond acceptors (Lipinski definition) is 5. The van der Waals surface area contributed by atoms with Gasteiger partial charge in [0.15, 0.2) is 5.82 Å². The molecule has 2 aromatic heterocycles. The standard InChI is InChI=1S/C17H19N3OS/c1-12(15-9-6-10-22-15)18-13(2)17-19-16(21-20-17)11-14-7-4-3-5-8-14/h3-10,12-13,18H,11H2,1-2H3/t12-,13-/m0/s1. The summed E-state index contributed by atoms with van der Waals surface area (Å²) in [6.07, 6.45) is 0.668. The van der Waals surface area contributed by atoms with Crippen LogP contribution in [0.1, 0.15) is 48.1 Å². The lowest BCUT2D eigenvalue weighted by atomic mass is 10.1. The molecule has 0 unspecified atom stereocenters. The smallest absolute Gasteiger partial charge is 0.231 e. The highest BCUT2D eigenvalue weighted by molar-refractivity contribution is 7.10.